The molecular formula is C24H24ClFN4O4. The van der Waals surface area contributed by atoms with Crippen LogP contribution in [0.2, 0.25) is 5.02 Å². The fourth-order valence-corrected chi connectivity index (χ4v) is 3.93. The molecule has 2 aromatic carbocycles. The predicted molar refractivity (Wildman–Crippen MR) is 124 cm³/mol. The second-order valence-electron chi connectivity index (χ2n) is 8.08. The minimum Gasteiger partial charge on any atom is -0.481 e. The van der Waals surface area contributed by atoms with Gasteiger partial charge in [-0.2, -0.15) is 15.4 Å². The molecule has 1 heterocycles. The van der Waals surface area contributed by atoms with Gasteiger partial charge in [-0.1, -0.05) is 35.9 Å². The average Bonchev–Trinajstić information content (AvgIpc) is 3.33. The van der Waals surface area contributed by atoms with Crippen molar-refractivity contribution >= 4 is 29.3 Å². The molecule has 10 heteroatoms. The Kier molecular flexibility index (Phi) is 8.48. The molecule has 34 heavy (non-hydrogen) atoms. The van der Waals surface area contributed by atoms with Gasteiger partial charge in [0, 0.05) is 30.5 Å². The maximum atomic E-state index is 14.2. The Hall–Kier alpha value is -3.59. The van der Waals surface area contributed by atoms with Gasteiger partial charge >= 0.3 is 5.97 Å². The van der Waals surface area contributed by atoms with Crippen molar-refractivity contribution in [3.05, 3.63) is 70.8 Å². The number of aromatic nitrogens is 3. The minimum atomic E-state index is -1.06. The minimum absolute atomic E-state index is 0.0354. The molecule has 178 valence electrons. The lowest BCUT2D eigenvalue weighted by atomic mass is 9.85. The van der Waals surface area contributed by atoms with Crippen molar-refractivity contribution in [3.8, 4) is 11.1 Å². The first-order valence-corrected chi connectivity index (χ1v) is 11.0. The first-order chi connectivity index (χ1) is 16.2. The van der Waals surface area contributed by atoms with Crippen molar-refractivity contribution < 1.29 is 23.9 Å². The number of ketones is 1. The summed E-state index contributed by atoms with van der Waals surface area (Å²) in [5, 5.41) is 22.4. The molecule has 0 aliphatic rings. The molecule has 0 saturated heterocycles. The predicted octanol–water partition coefficient (Wildman–Crippen LogP) is 3.92. The van der Waals surface area contributed by atoms with Crippen molar-refractivity contribution in [1.82, 2.24) is 20.7 Å². The number of nitrogens with zero attached hydrogens (tertiary/aromatic N) is 2. The van der Waals surface area contributed by atoms with E-state index < -0.39 is 17.7 Å². The second kappa shape index (κ2) is 11.5. The van der Waals surface area contributed by atoms with Crippen molar-refractivity contribution in [3.63, 3.8) is 0 Å². The fraction of sp³-hybridized carbons (Fsp3) is 0.292. The van der Waals surface area contributed by atoms with Crippen molar-refractivity contribution in [1.29, 1.82) is 0 Å². The Balaban J connectivity index is 1.79. The van der Waals surface area contributed by atoms with Crippen LogP contribution in [-0.4, -0.2) is 44.7 Å². The van der Waals surface area contributed by atoms with Gasteiger partial charge in [-0.05, 0) is 48.1 Å². The summed E-state index contributed by atoms with van der Waals surface area (Å²) in [7, 11) is 0. The van der Waals surface area contributed by atoms with Crippen LogP contribution in [0, 0.1) is 17.7 Å². The molecule has 0 unspecified atom stereocenters. The van der Waals surface area contributed by atoms with Gasteiger partial charge in [0.2, 0.25) is 5.91 Å². The van der Waals surface area contributed by atoms with E-state index in [0.717, 1.165) is 5.56 Å². The summed E-state index contributed by atoms with van der Waals surface area (Å²) in [6.07, 6.45) is 1.95. The number of carbonyl (C=O) groups excluding carboxylic acids is 2. The number of amides is 1. The molecule has 2 atom stereocenters. The number of hydrogen-bond acceptors (Lipinski definition) is 5. The Morgan fingerprint density at radius 1 is 1.18 bits per heavy atom. The second-order valence-corrected chi connectivity index (χ2v) is 8.52. The molecule has 3 aromatic rings. The number of Topliss-reactive ketones (excluding diaryl/α,β-unsaturated/α-hetero) is 1. The van der Waals surface area contributed by atoms with Crippen LogP contribution >= 0.6 is 11.6 Å². The number of hydrogen-bond donors (Lipinski definition) is 3. The van der Waals surface area contributed by atoms with Gasteiger partial charge in [-0.25, -0.2) is 4.39 Å². The third-order valence-electron chi connectivity index (χ3n) is 5.46. The molecule has 0 bridgehead atoms. The molecule has 1 amide bonds. The number of nitrogens with one attached hydrogen (secondary N) is 2. The third-order valence-corrected chi connectivity index (χ3v) is 5.69. The molecule has 0 spiro atoms. The van der Waals surface area contributed by atoms with Crippen LogP contribution in [0.15, 0.2) is 48.7 Å². The van der Waals surface area contributed by atoms with Crippen molar-refractivity contribution in [2.45, 2.75) is 26.2 Å². The molecule has 0 fully saturated rings. The van der Waals surface area contributed by atoms with Crippen LogP contribution in [0.3, 0.4) is 0 Å². The Morgan fingerprint density at radius 3 is 2.53 bits per heavy atom. The number of H-pyrrole nitrogens is 1. The number of rotatable bonds is 11. The largest absolute Gasteiger partial charge is 0.481 e. The summed E-state index contributed by atoms with van der Waals surface area (Å²) in [6, 6.07) is 11.5. The summed E-state index contributed by atoms with van der Waals surface area (Å²) < 4.78 is 14.2. The molecular weight excluding hydrogens is 463 g/mol. The summed E-state index contributed by atoms with van der Waals surface area (Å²) in [6.45, 7) is 1.28. The highest BCUT2D eigenvalue weighted by molar-refractivity contribution is 6.30. The number of benzene rings is 2. The van der Waals surface area contributed by atoms with Crippen LogP contribution in [0.5, 0.6) is 0 Å². The van der Waals surface area contributed by atoms with E-state index in [1.54, 1.807) is 18.2 Å². The normalized spacial score (nSPS) is 12.7. The van der Waals surface area contributed by atoms with E-state index in [2.05, 4.69) is 20.7 Å². The molecule has 8 nitrogen and oxygen atoms in total. The number of carbonyl (C=O) groups is 3. The topological polar surface area (TPSA) is 125 Å². The maximum Gasteiger partial charge on any atom is 0.308 e. The highest BCUT2D eigenvalue weighted by Gasteiger charge is 2.26. The monoisotopic (exact) mass is 486 g/mol. The quantitative estimate of drug-likeness (QED) is 0.353. The van der Waals surface area contributed by atoms with Crippen LogP contribution in [0.25, 0.3) is 11.1 Å². The number of halogens is 2. The highest BCUT2D eigenvalue weighted by Crippen LogP contribution is 2.28. The average molecular weight is 487 g/mol. The molecule has 3 rings (SSSR count). The van der Waals surface area contributed by atoms with Gasteiger partial charge < -0.3 is 10.4 Å². The summed E-state index contributed by atoms with van der Waals surface area (Å²) in [5.41, 5.74) is 2.05. The smallest absolute Gasteiger partial charge is 0.308 e. The molecule has 0 aliphatic carbocycles. The summed E-state index contributed by atoms with van der Waals surface area (Å²) >= 11 is 5.99. The van der Waals surface area contributed by atoms with E-state index in [0.29, 0.717) is 22.6 Å². The molecule has 0 radical (unpaired) electrons. The van der Waals surface area contributed by atoms with E-state index in [1.165, 1.54) is 25.3 Å². The first-order valence-electron chi connectivity index (χ1n) is 10.6. The van der Waals surface area contributed by atoms with E-state index in [9.17, 15) is 23.9 Å². The number of carboxylic acid groups (broad SMARTS) is 1. The lowest BCUT2D eigenvalue weighted by molar-refractivity contribution is -0.142. The van der Waals surface area contributed by atoms with Crippen molar-refractivity contribution in [2.24, 2.45) is 11.8 Å². The zero-order chi connectivity index (χ0) is 24.7. The van der Waals surface area contributed by atoms with Crippen LogP contribution in [0.1, 0.15) is 35.8 Å². The van der Waals surface area contributed by atoms with Gasteiger partial charge in [0.15, 0.2) is 5.78 Å². The number of aliphatic carboxylic acids is 1. The van der Waals surface area contributed by atoms with E-state index in [1.807, 2.05) is 12.1 Å². The lowest BCUT2D eigenvalue weighted by Gasteiger charge is -2.21. The standard InChI is InChI=1S/C24H24ClFN4O4/c1-14(31)27-12-18(24(33)34)9-16(10-23(32)22-13-28-30-29-22)8-15-2-4-17(5-3-15)20-11-19(25)6-7-21(20)26/h2-7,11,13,16,18H,8-10,12H2,1H3,(H,27,31)(H,33,34)(H,28,29,30)/t16-,18+/m1/s1. The van der Waals surface area contributed by atoms with Gasteiger partial charge in [0.25, 0.3) is 0 Å². The Bertz CT molecular complexity index is 1150. The first kappa shape index (κ1) is 25.0. The third kappa shape index (κ3) is 6.95. The van der Waals surface area contributed by atoms with Gasteiger partial charge in [0.05, 0.1) is 12.1 Å². The van der Waals surface area contributed by atoms with Gasteiger partial charge in [0.1, 0.15) is 11.5 Å². The fourth-order valence-electron chi connectivity index (χ4n) is 3.75. The Morgan fingerprint density at radius 2 is 1.91 bits per heavy atom. The maximum absolute atomic E-state index is 14.2. The van der Waals surface area contributed by atoms with Gasteiger partial charge in [-0.3, -0.25) is 14.4 Å². The van der Waals surface area contributed by atoms with Crippen LogP contribution in [0.4, 0.5) is 4.39 Å². The number of carboxylic acids is 1. The lowest BCUT2D eigenvalue weighted by Crippen LogP contribution is -2.33. The van der Waals surface area contributed by atoms with Crippen LogP contribution in [-0.2, 0) is 16.0 Å². The zero-order valence-electron chi connectivity index (χ0n) is 18.4. The van der Waals surface area contributed by atoms with Gasteiger partial charge in [-0.15, -0.1) is 0 Å². The van der Waals surface area contributed by atoms with E-state index in [-0.39, 0.29) is 42.7 Å². The molecule has 1 aromatic heterocycles. The van der Waals surface area contributed by atoms with Crippen LogP contribution < -0.4 is 5.32 Å². The van der Waals surface area contributed by atoms with E-state index in [4.69, 9.17) is 11.6 Å². The number of aromatic amines is 1. The molecule has 0 aliphatic heterocycles. The Labute approximate surface area is 200 Å². The molecule has 0 saturated carbocycles. The van der Waals surface area contributed by atoms with Crippen molar-refractivity contribution in [2.75, 3.05) is 6.54 Å². The summed E-state index contributed by atoms with van der Waals surface area (Å²) in [5.74, 6) is -3.24. The SMILES string of the molecule is CC(=O)NC[C@H](C[C@H](CC(=O)c1cn[nH]n1)Cc1ccc(-c2cc(Cl)ccc2F)cc1)C(=O)O. The van der Waals surface area contributed by atoms with E-state index >= 15 is 0 Å². The summed E-state index contributed by atoms with van der Waals surface area (Å²) in [4.78, 5) is 35.7. The molecule has 3 N–H and O–H groups in total. The zero-order valence-corrected chi connectivity index (χ0v) is 19.2. The highest BCUT2D eigenvalue weighted by atomic mass is 35.5.